The molecule has 0 N–H and O–H groups in total. The highest BCUT2D eigenvalue weighted by Gasteiger charge is 2.43. The zero-order valence-corrected chi connectivity index (χ0v) is 18.2. The Morgan fingerprint density at radius 2 is 1.67 bits per heavy atom. The third-order valence-electron chi connectivity index (χ3n) is 5.41. The Morgan fingerprint density at radius 1 is 0.970 bits per heavy atom. The van der Waals surface area contributed by atoms with E-state index in [-0.39, 0.29) is 12.2 Å². The van der Waals surface area contributed by atoms with Crippen LogP contribution in [0.4, 0.5) is 17.6 Å². The van der Waals surface area contributed by atoms with E-state index in [4.69, 9.17) is 11.6 Å². The van der Waals surface area contributed by atoms with Crippen molar-refractivity contribution in [2.24, 2.45) is 0 Å². The van der Waals surface area contributed by atoms with Gasteiger partial charge in [0.05, 0.1) is 5.69 Å². The van der Waals surface area contributed by atoms with Gasteiger partial charge in [0, 0.05) is 37.7 Å². The van der Waals surface area contributed by atoms with E-state index in [1.165, 1.54) is 4.90 Å². The van der Waals surface area contributed by atoms with Crippen LogP contribution < -0.4 is 0 Å². The molecule has 1 fully saturated rings. The fourth-order valence-corrected chi connectivity index (χ4v) is 3.90. The van der Waals surface area contributed by atoms with Crippen LogP contribution in [0.25, 0.3) is 5.69 Å². The molecule has 1 saturated heterocycles. The summed E-state index contributed by atoms with van der Waals surface area (Å²) in [4.78, 5) is 16.5. The van der Waals surface area contributed by atoms with Gasteiger partial charge in [-0.15, -0.1) is 5.10 Å². The Hall–Kier alpha value is -2.98. The van der Waals surface area contributed by atoms with Crippen LogP contribution >= 0.6 is 11.6 Å². The number of alkyl halides is 3. The van der Waals surface area contributed by atoms with Crippen LogP contribution in [0.2, 0.25) is 5.02 Å². The Labute approximate surface area is 192 Å². The molecule has 0 bridgehead atoms. The maximum atomic E-state index is 13.9. The highest BCUT2D eigenvalue weighted by atomic mass is 35.5. The summed E-state index contributed by atoms with van der Waals surface area (Å²) in [6, 6.07) is 11.8. The third-order valence-corrected chi connectivity index (χ3v) is 5.66. The van der Waals surface area contributed by atoms with Gasteiger partial charge in [0.15, 0.2) is 11.4 Å². The Balaban J connectivity index is 1.53. The molecule has 11 heteroatoms. The maximum absolute atomic E-state index is 13.9. The van der Waals surface area contributed by atoms with Gasteiger partial charge >= 0.3 is 6.18 Å². The molecule has 0 radical (unpaired) electrons. The molecule has 4 rings (SSSR count). The summed E-state index contributed by atoms with van der Waals surface area (Å²) in [6.45, 7) is 2.40. The van der Waals surface area contributed by atoms with Gasteiger partial charge in [0.2, 0.25) is 0 Å². The topological polar surface area (TPSA) is 54.3 Å². The molecule has 0 atom stereocenters. The zero-order chi connectivity index (χ0) is 23.6. The van der Waals surface area contributed by atoms with Gasteiger partial charge in [-0.1, -0.05) is 28.9 Å². The number of hydrogen-bond donors (Lipinski definition) is 0. The van der Waals surface area contributed by atoms with Crippen LogP contribution in [-0.4, -0.2) is 56.9 Å². The lowest BCUT2D eigenvalue weighted by Gasteiger charge is -2.22. The molecule has 0 aliphatic carbocycles. The second-order valence-electron chi connectivity index (χ2n) is 7.72. The second-order valence-corrected chi connectivity index (χ2v) is 8.16. The van der Waals surface area contributed by atoms with Crippen molar-refractivity contribution in [3.63, 3.8) is 0 Å². The molecule has 1 aromatic heterocycles. The standard InChI is InChI=1S/C22H20ClF4N5O/c23-16-4-2-15(3-5-16)14-30-10-1-11-31(13-12-30)21(33)19-20(22(25,26)27)32(29-28-19)18-8-6-17(24)7-9-18/h2-9H,1,10-14H2. The van der Waals surface area contributed by atoms with Crippen molar-refractivity contribution in [2.45, 2.75) is 19.1 Å². The maximum Gasteiger partial charge on any atom is 0.435 e. The second kappa shape index (κ2) is 9.48. The molecule has 0 unspecified atom stereocenters. The van der Waals surface area contributed by atoms with E-state index in [2.05, 4.69) is 15.2 Å². The molecule has 2 heterocycles. The Bertz CT molecular complexity index is 1120. The van der Waals surface area contributed by atoms with Gasteiger partial charge in [-0.25, -0.2) is 9.07 Å². The van der Waals surface area contributed by atoms with Crippen molar-refractivity contribution in [1.29, 1.82) is 0 Å². The Kier molecular flexibility index (Phi) is 6.66. The highest BCUT2D eigenvalue weighted by Crippen LogP contribution is 2.33. The van der Waals surface area contributed by atoms with Crippen molar-refractivity contribution in [2.75, 3.05) is 26.2 Å². The van der Waals surface area contributed by atoms with Crippen molar-refractivity contribution >= 4 is 17.5 Å². The molecule has 33 heavy (non-hydrogen) atoms. The van der Waals surface area contributed by atoms with Crippen LogP contribution in [0.3, 0.4) is 0 Å². The van der Waals surface area contributed by atoms with E-state index in [0.717, 1.165) is 29.8 Å². The SMILES string of the molecule is O=C(c1nnn(-c2ccc(F)cc2)c1C(F)(F)F)N1CCCN(Cc2ccc(Cl)cc2)CC1. The van der Waals surface area contributed by atoms with E-state index in [9.17, 15) is 22.4 Å². The van der Waals surface area contributed by atoms with Crippen LogP contribution in [0.5, 0.6) is 0 Å². The normalized spacial score (nSPS) is 15.5. The first-order valence-corrected chi connectivity index (χ1v) is 10.6. The van der Waals surface area contributed by atoms with Crippen LogP contribution in [0.15, 0.2) is 48.5 Å². The molecular formula is C22H20ClF4N5O. The number of halogens is 5. The number of aromatic nitrogens is 3. The summed E-state index contributed by atoms with van der Waals surface area (Å²) in [7, 11) is 0. The van der Waals surface area contributed by atoms with E-state index >= 15 is 0 Å². The minimum Gasteiger partial charge on any atom is -0.336 e. The molecule has 0 saturated carbocycles. The lowest BCUT2D eigenvalue weighted by molar-refractivity contribution is -0.143. The smallest absolute Gasteiger partial charge is 0.336 e. The Morgan fingerprint density at radius 3 is 2.33 bits per heavy atom. The number of benzene rings is 2. The molecule has 3 aromatic rings. The van der Waals surface area contributed by atoms with Crippen LogP contribution in [0, 0.1) is 5.82 Å². The average molecular weight is 482 g/mol. The van der Waals surface area contributed by atoms with Gasteiger partial charge in [-0.2, -0.15) is 13.2 Å². The number of amides is 1. The van der Waals surface area contributed by atoms with Crippen LogP contribution in [0.1, 0.15) is 28.2 Å². The summed E-state index contributed by atoms with van der Waals surface area (Å²) < 4.78 is 55.4. The minimum atomic E-state index is -4.88. The molecule has 6 nitrogen and oxygen atoms in total. The van der Waals surface area contributed by atoms with E-state index < -0.39 is 29.3 Å². The quantitative estimate of drug-likeness (QED) is 0.517. The summed E-state index contributed by atoms with van der Waals surface area (Å²) in [6.07, 6.45) is -4.28. The summed E-state index contributed by atoms with van der Waals surface area (Å²) >= 11 is 5.92. The predicted octanol–water partition coefficient (Wildman–Crippen LogP) is 4.43. The summed E-state index contributed by atoms with van der Waals surface area (Å²) in [5.74, 6) is -1.43. The third kappa shape index (κ3) is 5.33. The van der Waals surface area contributed by atoms with Crippen LogP contribution in [-0.2, 0) is 12.7 Å². The molecule has 1 aliphatic rings. The molecule has 2 aromatic carbocycles. The number of hydrogen-bond acceptors (Lipinski definition) is 4. The monoisotopic (exact) mass is 481 g/mol. The first-order valence-electron chi connectivity index (χ1n) is 10.3. The molecular weight excluding hydrogens is 462 g/mol. The van der Waals surface area contributed by atoms with Crippen molar-refractivity contribution < 1.29 is 22.4 Å². The zero-order valence-electron chi connectivity index (χ0n) is 17.4. The average Bonchev–Trinajstić information content (AvgIpc) is 3.10. The van der Waals surface area contributed by atoms with Gasteiger partial charge in [0.25, 0.3) is 5.91 Å². The van der Waals surface area contributed by atoms with Gasteiger partial charge < -0.3 is 4.90 Å². The molecule has 0 spiro atoms. The number of rotatable bonds is 4. The number of nitrogens with zero attached hydrogens (tertiary/aromatic N) is 5. The molecule has 1 amide bonds. The van der Waals surface area contributed by atoms with E-state index in [1.807, 2.05) is 12.1 Å². The minimum absolute atomic E-state index is 0.0414. The van der Waals surface area contributed by atoms with E-state index in [1.54, 1.807) is 12.1 Å². The molecule has 174 valence electrons. The van der Waals surface area contributed by atoms with Gasteiger partial charge in [0.1, 0.15) is 5.82 Å². The number of carbonyl (C=O) groups is 1. The number of carbonyl (C=O) groups excluding carboxylic acids is 1. The van der Waals surface area contributed by atoms with Crippen molar-refractivity contribution in [3.05, 3.63) is 76.3 Å². The first-order chi connectivity index (χ1) is 15.7. The summed E-state index contributed by atoms with van der Waals surface area (Å²) in [5.41, 5.74) is -1.03. The van der Waals surface area contributed by atoms with Gasteiger partial charge in [-0.3, -0.25) is 9.69 Å². The highest BCUT2D eigenvalue weighted by molar-refractivity contribution is 6.30. The largest absolute Gasteiger partial charge is 0.435 e. The lowest BCUT2D eigenvalue weighted by Crippen LogP contribution is -2.36. The van der Waals surface area contributed by atoms with Crippen molar-refractivity contribution in [3.8, 4) is 5.69 Å². The predicted molar refractivity (Wildman–Crippen MR) is 114 cm³/mol. The van der Waals surface area contributed by atoms with Gasteiger partial charge in [-0.05, 0) is 48.4 Å². The first kappa shape index (κ1) is 23.2. The lowest BCUT2D eigenvalue weighted by atomic mass is 10.2. The fourth-order valence-electron chi connectivity index (χ4n) is 3.77. The molecule has 1 aliphatic heterocycles. The van der Waals surface area contributed by atoms with Crippen molar-refractivity contribution in [1.82, 2.24) is 24.8 Å². The fraction of sp³-hybridized carbons (Fsp3) is 0.318. The van der Waals surface area contributed by atoms with E-state index in [0.29, 0.717) is 42.3 Å². The summed E-state index contributed by atoms with van der Waals surface area (Å²) in [5, 5.41) is 7.76.